The number of esters is 1. The second-order valence-electron chi connectivity index (χ2n) is 7.85. The summed E-state index contributed by atoms with van der Waals surface area (Å²) in [5.41, 5.74) is 2.76. The van der Waals surface area contributed by atoms with Crippen molar-refractivity contribution in [2.45, 2.75) is 49.2 Å². The highest BCUT2D eigenvalue weighted by Crippen LogP contribution is 2.43. The van der Waals surface area contributed by atoms with Gasteiger partial charge >= 0.3 is 5.97 Å². The molecule has 4 atom stereocenters. The van der Waals surface area contributed by atoms with Crippen LogP contribution in [0.5, 0.6) is 0 Å². The molecule has 1 aromatic rings. The van der Waals surface area contributed by atoms with Crippen molar-refractivity contribution in [1.82, 2.24) is 4.90 Å². The van der Waals surface area contributed by atoms with Crippen LogP contribution in [0.4, 0.5) is 5.69 Å². The Bertz CT molecular complexity index is 840. The molecule has 3 rings (SSSR count). The van der Waals surface area contributed by atoms with E-state index in [-0.39, 0.29) is 21.5 Å². The standard InChI is InChI=1S/C22H26Br2N2O5/c1-3-12-6-5-7-13(4-2)20(12)25-18(27)11-31-19(28)10-26-21(29)14-8-16(23)17(24)9-15(14)22(26)30/h5-7,14-17H,3-4,8-11H2,1-2H3,(H,25,27)/t14-,15+,16+,17-. The van der Waals surface area contributed by atoms with E-state index in [1.807, 2.05) is 32.0 Å². The van der Waals surface area contributed by atoms with Gasteiger partial charge in [-0.3, -0.25) is 24.1 Å². The van der Waals surface area contributed by atoms with E-state index in [4.69, 9.17) is 4.74 Å². The number of hydrogen-bond donors (Lipinski definition) is 1. The normalized spacial score (nSPS) is 25.4. The van der Waals surface area contributed by atoms with Crippen LogP contribution in [0.1, 0.15) is 37.8 Å². The first-order chi connectivity index (χ1) is 14.8. The molecule has 1 aliphatic carbocycles. The van der Waals surface area contributed by atoms with Gasteiger partial charge in [0, 0.05) is 15.3 Å². The highest BCUT2D eigenvalue weighted by atomic mass is 79.9. The van der Waals surface area contributed by atoms with Gasteiger partial charge in [0.15, 0.2) is 6.61 Å². The Kier molecular flexibility index (Phi) is 7.91. The van der Waals surface area contributed by atoms with Gasteiger partial charge in [-0.2, -0.15) is 0 Å². The first kappa shape index (κ1) is 23.9. The van der Waals surface area contributed by atoms with Crippen LogP contribution in [0, 0.1) is 11.8 Å². The number of ether oxygens (including phenoxy) is 1. The number of amides is 3. The topological polar surface area (TPSA) is 92.8 Å². The third-order valence-corrected chi connectivity index (χ3v) is 8.65. The molecule has 31 heavy (non-hydrogen) atoms. The van der Waals surface area contributed by atoms with Crippen LogP contribution in [0.25, 0.3) is 0 Å². The first-order valence-corrected chi connectivity index (χ1v) is 12.3. The third kappa shape index (κ3) is 5.19. The molecule has 9 heteroatoms. The van der Waals surface area contributed by atoms with Crippen molar-refractivity contribution in [2.24, 2.45) is 11.8 Å². The minimum absolute atomic E-state index is 0.0973. The van der Waals surface area contributed by atoms with Crippen molar-refractivity contribution in [3.63, 3.8) is 0 Å². The first-order valence-electron chi connectivity index (χ1n) is 10.5. The van der Waals surface area contributed by atoms with Gasteiger partial charge < -0.3 is 10.1 Å². The number of carbonyl (C=O) groups is 4. The van der Waals surface area contributed by atoms with E-state index in [1.54, 1.807) is 0 Å². The number of imide groups is 1. The van der Waals surface area contributed by atoms with Gasteiger partial charge in [0.05, 0.1) is 11.8 Å². The number of para-hydroxylation sites is 1. The molecule has 0 bridgehead atoms. The fourth-order valence-corrected chi connectivity index (χ4v) is 5.46. The SMILES string of the molecule is CCc1cccc(CC)c1NC(=O)COC(=O)CN1C(=O)[C@H]2C[C@@H](Br)[C@@H](Br)C[C@H]2C1=O. The van der Waals surface area contributed by atoms with Crippen molar-refractivity contribution in [1.29, 1.82) is 0 Å². The molecule has 1 N–H and O–H groups in total. The minimum Gasteiger partial charge on any atom is -0.454 e. The number of carbonyl (C=O) groups excluding carboxylic acids is 4. The van der Waals surface area contributed by atoms with Gasteiger partial charge in [0.25, 0.3) is 5.91 Å². The smallest absolute Gasteiger partial charge is 0.326 e. The van der Waals surface area contributed by atoms with Crippen molar-refractivity contribution in [3.8, 4) is 0 Å². The molecular formula is C22H26Br2N2O5. The number of benzene rings is 1. The minimum atomic E-state index is -0.777. The summed E-state index contributed by atoms with van der Waals surface area (Å²) in [7, 11) is 0. The summed E-state index contributed by atoms with van der Waals surface area (Å²) in [5, 5.41) is 2.82. The van der Waals surface area contributed by atoms with Crippen molar-refractivity contribution in [3.05, 3.63) is 29.3 Å². The van der Waals surface area contributed by atoms with Crippen LogP contribution >= 0.6 is 31.9 Å². The quantitative estimate of drug-likeness (QED) is 0.316. The van der Waals surface area contributed by atoms with Crippen LogP contribution in [0.3, 0.4) is 0 Å². The molecule has 1 saturated carbocycles. The fraction of sp³-hybridized carbons (Fsp3) is 0.545. The third-order valence-electron chi connectivity index (χ3n) is 5.92. The molecular weight excluding hydrogens is 532 g/mol. The maximum absolute atomic E-state index is 12.6. The Morgan fingerprint density at radius 3 is 2.03 bits per heavy atom. The molecule has 0 spiro atoms. The van der Waals surface area contributed by atoms with Crippen molar-refractivity contribution < 1.29 is 23.9 Å². The van der Waals surface area contributed by atoms with Crippen LogP contribution in [0.2, 0.25) is 0 Å². The number of likely N-dealkylation sites (tertiary alicyclic amines) is 1. The second-order valence-corrected chi connectivity index (χ2v) is 10.2. The summed E-state index contributed by atoms with van der Waals surface area (Å²) in [6.07, 6.45) is 2.59. The molecule has 3 amide bonds. The van der Waals surface area contributed by atoms with Crippen LogP contribution in [0.15, 0.2) is 18.2 Å². The summed E-state index contributed by atoms with van der Waals surface area (Å²) in [6.45, 7) is 3.06. The molecule has 0 radical (unpaired) electrons. The molecule has 1 aromatic carbocycles. The predicted molar refractivity (Wildman–Crippen MR) is 123 cm³/mol. The zero-order valence-electron chi connectivity index (χ0n) is 17.5. The largest absolute Gasteiger partial charge is 0.454 e. The van der Waals surface area contributed by atoms with Crippen LogP contribution < -0.4 is 5.32 Å². The number of nitrogens with zero attached hydrogens (tertiary/aromatic N) is 1. The van der Waals surface area contributed by atoms with Crippen LogP contribution in [-0.2, 0) is 36.8 Å². The highest BCUT2D eigenvalue weighted by Gasteiger charge is 2.52. The number of halogens is 2. The van der Waals surface area contributed by atoms with Crippen molar-refractivity contribution >= 4 is 61.2 Å². The Morgan fingerprint density at radius 1 is 1.03 bits per heavy atom. The molecule has 7 nitrogen and oxygen atoms in total. The molecule has 1 heterocycles. The molecule has 2 aliphatic rings. The van der Waals surface area contributed by atoms with Gasteiger partial charge in [-0.05, 0) is 36.8 Å². The summed E-state index contributed by atoms with van der Waals surface area (Å²) < 4.78 is 5.06. The average molecular weight is 558 g/mol. The summed E-state index contributed by atoms with van der Waals surface area (Å²) in [6, 6.07) is 5.84. The van der Waals surface area contributed by atoms with E-state index in [0.29, 0.717) is 12.8 Å². The van der Waals surface area contributed by atoms with Gasteiger partial charge in [0.2, 0.25) is 11.8 Å². The van der Waals surface area contributed by atoms with Gasteiger partial charge in [0.1, 0.15) is 6.54 Å². The Hall–Kier alpha value is -1.74. The monoisotopic (exact) mass is 556 g/mol. The van der Waals surface area contributed by atoms with Crippen LogP contribution in [-0.4, -0.2) is 51.4 Å². The maximum Gasteiger partial charge on any atom is 0.326 e. The summed E-state index contributed by atoms with van der Waals surface area (Å²) >= 11 is 7.06. The molecule has 2 fully saturated rings. The van der Waals surface area contributed by atoms with E-state index in [0.717, 1.165) is 34.6 Å². The lowest BCUT2D eigenvalue weighted by Crippen LogP contribution is -2.37. The van der Waals surface area contributed by atoms with E-state index < -0.39 is 36.9 Å². The lowest BCUT2D eigenvalue weighted by molar-refractivity contribution is -0.154. The fourth-order valence-electron chi connectivity index (χ4n) is 4.22. The molecule has 0 unspecified atom stereocenters. The van der Waals surface area contributed by atoms with E-state index in [2.05, 4.69) is 37.2 Å². The lowest BCUT2D eigenvalue weighted by atomic mass is 9.81. The van der Waals surface area contributed by atoms with Gasteiger partial charge in [-0.25, -0.2) is 0 Å². The molecule has 1 aliphatic heterocycles. The zero-order chi connectivity index (χ0) is 22.7. The molecule has 1 saturated heterocycles. The second kappa shape index (κ2) is 10.3. The predicted octanol–water partition coefficient (Wildman–Crippen LogP) is 3.22. The Labute approximate surface area is 198 Å². The number of aryl methyl sites for hydroxylation is 2. The van der Waals surface area contributed by atoms with E-state index >= 15 is 0 Å². The van der Waals surface area contributed by atoms with Gasteiger partial charge in [-0.15, -0.1) is 0 Å². The van der Waals surface area contributed by atoms with Gasteiger partial charge in [-0.1, -0.05) is 63.9 Å². The maximum atomic E-state index is 12.6. The molecule has 0 aromatic heterocycles. The number of nitrogens with one attached hydrogen (secondary N) is 1. The highest BCUT2D eigenvalue weighted by molar-refractivity contribution is 9.12. The van der Waals surface area contributed by atoms with E-state index in [9.17, 15) is 19.2 Å². The average Bonchev–Trinajstić information content (AvgIpc) is 2.97. The Balaban J connectivity index is 1.56. The molecule has 168 valence electrons. The lowest BCUT2D eigenvalue weighted by Gasteiger charge is -2.29. The zero-order valence-corrected chi connectivity index (χ0v) is 20.7. The number of fused-ring (bicyclic) bond motifs is 1. The van der Waals surface area contributed by atoms with E-state index in [1.165, 1.54) is 0 Å². The number of hydrogen-bond acceptors (Lipinski definition) is 5. The summed E-state index contributed by atoms with van der Waals surface area (Å²) in [5.74, 6) is -2.75. The Morgan fingerprint density at radius 2 is 1.55 bits per heavy atom. The number of anilines is 1. The number of alkyl halides is 2. The number of rotatable bonds is 7. The van der Waals surface area contributed by atoms with Crippen molar-refractivity contribution in [2.75, 3.05) is 18.5 Å². The summed E-state index contributed by atoms with van der Waals surface area (Å²) in [4.78, 5) is 51.1.